The van der Waals surface area contributed by atoms with Gasteiger partial charge >= 0.3 is 5.69 Å². The Morgan fingerprint density at radius 3 is 2.84 bits per heavy atom. The second-order valence-corrected chi connectivity index (χ2v) is 7.45. The standard InChI is InChI=1S/C19H28N4O2/c1-14-5-4-9-22(10-8-14)18(24)15-6-7-16-17(13-15)23(19(25)20-16)12-11-21(2)3/h6-7,13-14H,4-5,8-12H2,1-3H3,(H,20,25). The normalized spacial score (nSPS) is 18.7. The number of likely N-dealkylation sites (tertiary alicyclic amines) is 1. The number of H-pyrrole nitrogens is 1. The van der Waals surface area contributed by atoms with Gasteiger partial charge in [0.25, 0.3) is 5.91 Å². The van der Waals surface area contributed by atoms with Crippen LogP contribution in [0.25, 0.3) is 11.0 Å². The van der Waals surface area contributed by atoms with E-state index in [2.05, 4.69) is 11.9 Å². The van der Waals surface area contributed by atoms with Crippen molar-refractivity contribution in [2.75, 3.05) is 33.7 Å². The Hall–Kier alpha value is -2.08. The third kappa shape index (κ3) is 3.95. The van der Waals surface area contributed by atoms with E-state index in [1.54, 1.807) is 4.57 Å². The Balaban J connectivity index is 1.88. The first-order chi connectivity index (χ1) is 12.0. The lowest BCUT2D eigenvalue weighted by Crippen LogP contribution is -2.32. The number of rotatable bonds is 4. The zero-order valence-electron chi connectivity index (χ0n) is 15.4. The van der Waals surface area contributed by atoms with E-state index in [-0.39, 0.29) is 11.6 Å². The molecule has 2 aromatic rings. The molecule has 0 spiro atoms. The third-order valence-corrected chi connectivity index (χ3v) is 5.10. The van der Waals surface area contributed by atoms with Crippen LogP contribution in [0.3, 0.4) is 0 Å². The second-order valence-electron chi connectivity index (χ2n) is 7.45. The predicted octanol–water partition coefficient (Wildman–Crippen LogP) is 2.15. The molecule has 6 nitrogen and oxygen atoms in total. The lowest BCUT2D eigenvalue weighted by atomic mass is 10.0. The number of hydrogen-bond donors (Lipinski definition) is 1. The summed E-state index contributed by atoms with van der Waals surface area (Å²) in [4.78, 5) is 32.0. The van der Waals surface area contributed by atoms with E-state index in [4.69, 9.17) is 0 Å². The summed E-state index contributed by atoms with van der Waals surface area (Å²) in [6, 6.07) is 5.53. The van der Waals surface area contributed by atoms with Crippen LogP contribution in [0.4, 0.5) is 0 Å². The number of fused-ring (bicyclic) bond motifs is 1. The molecule has 1 aliphatic rings. The topological polar surface area (TPSA) is 61.3 Å². The van der Waals surface area contributed by atoms with Gasteiger partial charge in [-0.3, -0.25) is 9.36 Å². The monoisotopic (exact) mass is 344 g/mol. The molecule has 1 fully saturated rings. The summed E-state index contributed by atoms with van der Waals surface area (Å²) < 4.78 is 1.72. The van der Waals surface area contributed by atoms with Gasteiger partial charge in [0.15, 0.2) is 0 Å². The molecular formula is C19H28N4O2. The summed E-state index contributed by atoms with van der Waals surface area (Å²) in [6.45, 7) is 5.27. The Morgan fingerprint density at radius 1 is 1.28 bits per heavy atom. The highest BCUT2D eigenvalue weighted by molar-refractivity contribution is 5.97. The van der Waals surface area contributed by atoms with Crippen molar-refractivity contribution in [1.82, 2.24) is 19.4 Å². The smallest absolute Gasteiger partial charge is 0.326 e. The fourth-order valence-corrected chi connectivity index (χ4v) is 3.46. The fourth-order valence-electron chi connectivity index (χ4n) is 3.46. The van der Waals surface area contributed by atoms with Crippen molar-refractivity contribution in [2.45, 2.75) is 32.7 Å². The first-order valence-corrected chi connectivity index (χ1v) is 9.12. The van der Waals surface area contributed by atoms with Crippen LogP contribution in [0.15, 0.2) is 23.0 Å². The number of likely N-dealkylation sites (N-methyl/N-ethyl adjacent to an activating group) is 1. The van der Waals surface area contributed by atoms with Gasteiger partial charge in [0.2, 0.25) is 0 Å². The van der Waals surface area contributed by atoms with E-state index in [0.717, 1.165) is 43.5 Å². The number of hydrogen-bond acceptors (Lipinski definition) is 3. The molecule has 25 heavy (non-hydrogen) atoms. The maximum Gasteiger partial charge on any atom is 0.326 e. The van der Waals surface area contributed by atoms with Crippen molar-refractivity contribution in [3.8, 4) is 0 Å². The summed E-state index contributed by atoms with van der Waals surface area (Å²) in [7, 11) is 3.96. The van der Waals surface area contributed by atoms with Crippen LogP contribution in [0.1, 0.15) is 36.5 Å². The molecule has 1 atom stereocenters. The van der Waals surface area contributed by atoms with Crippen LogP contribution in [-0.2, 0) is 6.54 Å². The summed E-state index contributed by atoms with van der Waals surface area (Å²) in [6.07, 6.45) is 3.31. The van der Waals surface area contributed by atoms with Gasteiger partial charge in [-0.05, 0) is 57.5 Å². The number of aromatic nitrogens is 2. The summed E-state index contributed by atoms with van der Waals surface area (Å²) in [5, 5.41) is 0. The van der Waals surface area contributed by atoms with Crippen molar-refractivity contribution in [3.05, 3.63) is 34.2 Å². The quantitative estimate of drug-likeness (QED) is 0.924. The maximum atomic E-state index is 12.9. The number of nitrogens with zero attached hydrogens (tertiary/aromatic N) is 3. The fraction of sp³-hybridized carbons (Fsp3) is 0.579. The van der Waals surface area contributed by atoms with E-state index in [1.807, 2.05) is 42.1 Å². The Kier molecular flexibility index (Phi) is 5.27. The minimum atomic E-state index is -0.120. The summed E-state index contributed by atoms with van der Waals surface area (Å²) >= 11 is 0. The number of nitrogens with one attached hydrogen (secondary N) is 1. The summed E-state index contributed by atoms with van der Waals surface area (Å²) in [5.74, 6) is 0.755. The third-order valence-electron chi connectivity index (χ3n) is 5.10. The number of aromatic amines is 1. The van der Waals surface area contributed by atoms with E-state index < -0.39 is 0 Å². The molecule has 2 heterocycles. The molecule has 0 aliphatic carbocycles. The minimum Gasteiger partial charge on any atom is -0.339 e. The molecule has 6 heteroatoms. The molecule has 1 aliphatic heterocycles. The van der Waals surface area contributed by atoms with Gasteiger partial charge in [-0.25, -0.2) is 4.79 Å². The molecule has 0 radical (unpaired) electrons. The minimum absolute atomic E-state index is 0.0730. The van der Waals surface area contributed by atoms with Crippen molar-refractivity contribution in [3.63, 3.8) is 0 Å². The number of imidazole rings is 1. The second kappa shape index (κ2) is 7.44. The van der Waals surface area contributed by atoms with E-state index in [1.165, 1.54) is 6.42 Å². The van der Waals surface area contributed by atoms with Crippen LogP contribution in [0, 0.1) is 5.92 Å². The highest BCUT2D eigenvalue weighted by Gasteiger charge is 2.20. The number of amides is 1. The summed E-state index contributed by atoms with van der Waals surface area (Å²) in [5.41, 5.74) is 2.13. The van der Waals surface area contributed by atoms with Gasteiger partial charge in [-0.1, -0.05) is 6.92 Å². The van der Waals surface area contributed by atoms with Crippen LogP contribution < -0.4 is 5.69 Å². The average Bonchev–Trinajstić information content (AvgIpc) is 2.73. The predicted molar refractivity (Wildman–Crippen MR) is 100 cm³/mol. The van der Waals surface area contributed by atoms with Crippen molar-refractivity contribution in [2.24, 2.45) is 5.92 Å². The number of carbonyl (C=O) groups is 1. The van der Waals surface area contributed by atoms with Crippen LogP contribution >= 0.6 is 0 Å². The largest absolute Gasteiger partial charge is 0.339 e. The first-order valence-electron chi connectivity index (χ1n) is 9.12. The molecule has 1 aromatic heterocycles. The van der Waals surface area contributed by atoms with Gasteiger partial charge in [-0.2, -0.15) is 0 Å². The molecule has 1 N–H and O–H groups in total. The van der Waals surface area contributed by atoms with Crippen molar-refractivity contribution in [1.29, 1.82) is 0 Å². The molecule has 136 valence electrons. The van der Waals surface area contributed by atoms with E-state index in [0.29, 0.717) is 18.0 Å². The lowest BCUT2D eigenvalue weighted by Gasteiger charge is -2.20. The maximum absolute atomic E-state index is 12.9. The molecule has 1 saturated heterocycles. The van der Waals surface area contributed by atoms with Crippen LogP contribution in [-0.4, -0.2) is 59.0 Å². The number of carbonyl (C=O) groups excluding carboxylic acids is 1. The lowest BCUT2D eigenvalue weighted by molar-refractivity contribution is 0.0760. The van der Waals surface area contributed by atoms with Gasteiger partial charge in [-0.15, -0.1) is 0 Å². The number of benzene rings is 1. The molecule has 0 bridgehead atoms. The van der Waals surface area contributed by atoms with Crippen molar-refractivity contribution >= 4 is 16.9 Å². The van der Waals surface area contributed by atoms with Gasteiger partial charge in [0.05, 0.1) is 11.0 Å². The van der Waals surface area contributed by atoms with Gasteiger partial charge in [0, 0.05) is 31.7 Å². The van der Waals surface area contributed by atoms with Gasteiger partial charge in [0.1, 0.15) is 0 Å². The van der Waals surface area contributed by atoms with E-state index in [9.17, 15) is 9.59 Å². The average molecular weight is 344 g/mol. The zero-order chi connectivity index (χ0) is 18.0. The highest BCUT2D eigenvalue weighted by atomic mass is 16.2. The Labute approximate surface area is 148 Å². The van der Waals surface area contributed by atoms with Crippen LogP contribution in [0.5, 0.6) is 0 Å². The molecule has 1 amide bonds. The molecular weight excluding hydrogens is 316 g/mol. The molecule has 1 aromatic carbocycles. The SMILES string of the molecule is CC1CCCN(C(=O)c2ccc3[nH]c(=O)n(CCN(C)C)c3c2)CC1. The van der Waals surface area contributed by atoms with Crippen LogP contribution in [0.2, 0.25) is 0 Å². The van der Waals surface area contributed by atoms with Crippen molar-refractivity contribution < 1.29 is 4.79 Å². The molecule has 1 unspecified atom stereocenters. The van der Waals surface area contributed by atoms with E-state index >= 15 is 0 Å². The first kappa shape index (κ1) is 17.7. The Morgan fingerprint density at radius 2 is 2.08 bits per heavy atom. The Bertz CT molecular complexity index is 805. The molecule has 3 rings (SSSR count). The highest BCUT2D eigenvalue weighted by Crippen LogP contribution is 2.20. The van der Waals surface area contributed by atoms with Gasteiger partial charge < -0.3 is 14.8 Å². The molecule has 0 saturated carbocycles. The zero-order valence-corrected chi connectivity index (χ0v) is 15.4.